The van der Waals surface area contributed by atoms with Gasteiger partial charge >= 0.3 is 0 Å². The molecule has 3 heteroatoms. The second-order valence-electron chi connectivity index (χ2n) is 12.3. The predicted molar refractivity (Wildman–Crippen MR) is 139 cm³/mol. The van der Waals surface area contributed by atoms with Gasteiger partial charge in [-0.2, -0.15) is 37.9 Å². The third-order valence-electron chi connectivity index (χ3n) is 7.48. The van der Waals surface area contributed by atoms with Gasteiger partial charge in [-0.15, -0.1) is 0 Å². The van der Waals surface area contributed by atoms with Crippen molar-refractivity contribution >= 4 is 37.9 Å². The number of hydrogen-bond donors (Lipinski definition) is 3. The van der Waals surface area contributed by atoms with Gasteiger partial charge in [0.1, 0.15) is 0 Å². The average molecular weight is 447 g/mol. The minimum Gasteiger partial charge on any atom is -0.176 e. The maximum absolute atomic E-state index is 5.09. The first-order valence-corrected chi connectivity index (χ1v) is 13.2. The molecule has 0 nitrogen and oxygen atoms in total. The summed E-state index contributed by atoms with van der Waals surface area (Å²) in [6.45, 7) is 21.5. The number of thiol groups is 3. The summed E-state index contributed by atoms with van der Waals surface area (Å²) < 4.78 is 0. The molecule has 1 saturated carbocycles. The summed E-state index contributed by atoms with van der Waals surface area (Å²) in [5.41, 5.74) is 0.737. The van der Waals surface area contributed by atoms with Crippen molar-refractivity contribution in [2.24, 2.45) is 40.4 Å². The fourth-order valence-corrected chi connectivity index (χ4v) is 6.06. The molecule has 1 aliphatic carbocycles. The fourth-order valence-electron chi connectivity index (χ4n) is 5.12. The van der Waals surface area contributed by atoms with Crippen LogP contribution >= 0.6 is 37.9 Å². The lowest BCUT2D eigenvalue weighted by molar-refractivity contribution is 0.0130. The molecule has 7 unspecified atom stereocenters. The van der Waals surface area contributed by atoms with Crippen LogP contribution in [0.5, 0.6) is 0 Å². The summed E-state index contributed by atoms with van der Waals surface area (Å²) in [5, 5.41) is 1.56. The summed E-state index contributed by atoms with van der Waals surface area (Å²) in [5.74, 6) is 3.61. The van der Waals surface area contributed by atoms with Crippen molar-refractivity contribution in [1.82, 2.24) is 0 Å². The lowest BCUT2D eigenvalue weighted by Gasteiger charge is -2.51. The molecular weight excluding hydrogens is 396 g/mol. The van der Waals surface area contributed by atoms with Gasteiger partial charge in [-0.1, -0.05) is 62.3 Å². The summed E-state index contributed by atoms with van der Waals surface area (Å²) >= 11 is 14.8. The Morgan fingerprint density at radius 3 is 1.71 bits per heavy atom. The van der Waals surface area contributed by atoms with Crippen LogP contribution in [-0.4, -0.2) is 15.7 Å². The zero-order valence-electron chi connectivity index (χ0n) is 20.2. The van der Waals surface area contributed by atoms with Gasteiger partial charge in [0.15, 0.2) is 0 Å². The second kappa shape index (κ2) is 11.1. The Morgan fingerprint density at radius 2 is 1.25 bits per heavy atom. The maximum atomic E-state index is 5.09. The van der Waals surface area contributed by atoms with Crippen LogP contribution in [0.3, 0.4) is 0 Å². The molecule has 0 bridgehead atoms. The van der Waals surface area contributed by atoms with Gasteiger partial charge in [-0.05, 0) is 78.9 Å². The molecule has 7 atom stereocenters. The number of hydrogen-bond acceptors (Lipinski definition) is 3. The first kappa shape index (κ1) is 27.1. The van der Waals surface area contributed by atoms with E-state index in [1.807, 2.05) is 0 Å². The van der Waals surface area contributed by atoms with Crippen LogP contribution in [0.2, 0.25) is 0 Å². The Hall–Kier alpha value is 1.05. The van der Waals surface area contributed by atoms with Crippen LogP contribution in [-0.2, 0) is 0 Å². The first-order valence-electron chi connectivity index (χ1n) is 11.7. The van der Waals surface area contributed by atoms with Gasteiger partial charge in [0.2, 0.25) is 0 Å². The zero-order chi connectivity index (χ0) is 21.9. The van der Waals surface area contributed by atoms with Gasteiger partial charge in [0.05, 0.1) is 0 Å². The van der Waals surface area contributed by atoms with Crippen LogP contribution < -0.4 is 0 Å². The Labute approximate surface area is 194 Å². The van der Waals surface area contributed by atoms with Gasteiger partial charge in [0, 0.05) is 15.7 Å². The minimum atomic E-state index is 0.365. The normalized spacial score (nSPS) is 30.3. The topological polar surface area (TPSA) is 0 Å². The molecule has 0 amide bonds. The van der Waals surface area contributed by atoms with E-state index in [-0.39, 0.29) is 0 Å². The van der Waals surface area contributed by atoms with Gasteiger partial charge < -0.3 is 0 Å². The predicted octanol–water partition coefficient (Wildman–Crippen LogP) is 8.47. The summed E-state index contributed by atoms with van der Waals surface area (Å²) in [7, 11) is 0. The van der Waals surface area contributed by atoms with Crippen molar-refractivity contribution in [2.45, 2.75) is 117 Å². The van der Waals surface area contributed by atoms with Crippen LogP contribution in [0.4, 0.5) is 0 Å². The molecule has 168 valence electrons. The molecule has 0 radical (unpaired) electrons. The van der Waals surface area contributed by atoms with E-state index in [1.165, 1.54) is 38.5 Å². The van der Waals surface area contributed by atoms with Crippen molar-refractivity contribution in [1.29, 1.82) is 0 Å². The lowest BCUT2D eigenvalue weighted by atomic mass is 9.56. The van der Waals surface area contributed by atoms with Crippen molar-refractivity contribution in [3.63, 3.8) is 0 Å². The largest absolute Gasteiger partial charge is 0.176 e. The molecule has 0 aromatic rings. The van der Waals surface area contributed by atoms with Gasteiger partial charge in [-0.3, -0.25) is 0 Å². The third-order valence-corrected chi connectivity index (χ3v) is 9.74. The second-order valence-corrected chi connectivity index (χ2v) is 14.2. The van der Waals surface area contributed by atoms with Crippen LogP contribution in [0.25, 0.3) is 0 Å². The smallest absolute Gasteiger partial charge is 0.00481 e. The molecule has 28 heavy (non-hydrogen) atoms. The summed E-state index contributed by atoms with van der Waals surface area (Å²) in [6, 6.07) is 0. The van der Waals surface area contributed by atoms with E-state index in [1.54, 1.807) is 0 Å². The highest BCUT2D eigenvalue weighted by Crippen LogP contribution is 2.52. The molecule has 0 aliphatic heterocycles. The van der Waals surface area contributed by atoms with E-state index in [0.717, 1.165) is 17.8 Å². The average Bonchev–Trinajstić information content (AvgIpc) is 2.55. The molecule has 0 aromatic carbocycles. The van der Waals surface area contributed by atoms with Crippen LogP contribution in [0.15, 0.2) is 0 Å². The highest BCUT2D eigenvalue weighted by Gasteiger charge is 2.45. The van der Waals surface area contributed by atoms with Crippen molar-refractivity contribution in [2.75, 3.05) is 0 Å². The third kappa shape index (κ3) is 8.29. The highest BCUT2D eigenvalue weighted by molar-refractivity contribution is 7.81. The van der Waals surface area contributed by atoms with E-state index < -0.39 is 0 Å². The molecule has 0 heterocycles. The Morgan fingerprint density at radius 1 is 0.750 bits per heavy atom. The van der Waals surface area contributed by atoms with Crippen LogP contribution in [0.1, 0.15) is 101 Å². The maximum Gasteiger partial charge on any atom is 0.00481 e. The lowest BCUT2D eigenvalue weighted by Crippen LogP contribution is -2.44. The van der Waals surface area contributed by atoms with Crippen molar-refractivity contribution < 1.29 is 0 Å². The van der Waals surface area contributed by atoms with Crippen LogP contribution in [0, 0.1) is 40.4 Å². The Balaban J connectivity index is 2.64. The number of rotatable bonds is 8. The molecule has 1 fully saturated rings. The molecule has 0 spiro atoms. The SMILES string of the molecule is CC(C)C(S)CCC(C)C(S)CCC1CC(C(C)(C)C)C(C(C)(C)C)CC1S. The molecule has 1 aliphatic rings. The van der Waals surface area contributed by atoms with Gasteiger partial charge in [-0.25, -0.2) is 0 Å². The summed E-state index contributed by atoms with van der Waals surface area (Å²) in [4.78, 5) is 0. The van der Waals surface area contributed by atoms with Gasteiger partial charge in [0.25, 0.3) is 0 Å². The van der Waals surface area contributed by atoms with Crippen molar-refractivity contribution in [3.8, 4) is 0 Å². The van der Waals surface area contributed by atoms with E-state index in [2.05, 4.69) is 62.3 Å². The molecule has 1 rings (SSSR count). The minimum absolute atomic E-state index is 0.365. The Bertz CT molecular complexity index is 446. The van der Waals surface area contributed by atoms with Crippen molar-refractivity contribution in [3.05, 3.63) is 0 Å². The quantitative estimate of drug-likeness (QED) is 0.306. The molecular formula is C25H50S3. The van der Waals surface area contributed by atoms with E-state index in [9.17, 15) is 0 Å². The molecule has 0 saturated heterocycles. The molecule has 0 N–H and O–H groups in total. The fraction of sp³-hybridized carbons (Fsp3) is 1.00. The summed E-state index contributed by atoms with van der Waals surface area (Å²) in [6.07, 6.45) is 7.55. The first-order chi connectivity index (χ1) is 12.6. The highest BCUT2D eigenvalue weighted by atomic mass is 32.1. The van der Waals surface area contributed by atoms with E-state index in [4.69, 9.17) is 37.9 Å². The van der Waals surface area contributed by atoms with E-state index >= 15 is 0 Å². The molecule has 0 aromatic heterocycles. The standard InChI is InChI=1S/C25H50S3/c1-16(2)21(26)12-10-17(3)22(27)13-11-18-14-19(24(4,5)6)20(15-23(18)28)25(7,8)9/h16-23,26-28H,10-15H2,1-9H3. The zero-order valence-corrected chi connectivity index (χ0v) is 22.9. The monoisotopic (exact) mass is 446 g/mol. The van der Waals surface area contributed by atoms with E-state index in [0.29, 0.717) is 38.4 Å². The Kier molecular flexibility index (Phi) is 10.7.